The van der Waals surface area contributed by atoms with Crippen LogP contribution in [-0.2, 0) is 16.1 Å². The van der Waals surface area contributed by atoms with E-state index in [-0.39, 0.29) is 17.6 Å². The third-order valence-corrected chi connectivity index (χ3v) is 5.15. The molecule has 2 saturated heterocycles. The molecule has 1 aromatic heterocycles. The maximum atomic E-state index is 12.0. The molecule has 1 atom stereocenters. The minimum Gasteiger partial charge on any atom is -0.465 e. The molecule has 24 heavy (non-hydrogen) atoms. The van der Waals surface area contributed by atoms with E-state index in [0.717, 1.165) is 57.0 Å². The lowest BCUT2D eigenvalue weighted by Gasteiger charge is -2.38. The second-order valence-corrected chi connectivity index (χ2v) is 7.78. The van der Waals surface area contributed by atoms with E-state index in [0.29, 0.717) is 12.3 Å². The Hall–Kier alpha value is -1.33. The van der Waals surface area contributed by atoms with E-state index in [1.165, 1.54) is 0 Å². The van der Waals surface area contributed by atoms with Crippen LogP contribution in [0.15, 0.2) is 16.5 Å². The molecule has 0 aromatic carbocycles. The lowest BCUT2D eigenvalue weighted by atomic mass is 9.84. The topological polar surface area (TPSA) is 54.7 Å². The molecule has 0 aliphatic carbocycles. The average molecular weight is 334 g/mol. The Bertz CT molecular complexity index is 559. The van der Waals surface area contributed by atoms with Crippen molar-refractivity contribution in [1.82, 2.24) is 10.2 Å². The summed E-state index contributed by atoms with van der Waals surface area (Å²) in [5, 5.41) is 2.98. The number of carbonyl (C=O) groups is 1. The molecule has 2 aliphatic heterocycles. The highest BCUT2D eigenvalue weighted by Crippen LogP contribution is 2.40. The van der Waals surface area contributed by atoms with Gasteiger partial charge in [-0.15, -0.1) is 0 Å². The van der Waals surface area contributed by atoms with Gasteiger partial charge in [0, 0.05) is 25.6 Å². The van der Waals surface area contributed by atoms with E-state index in [1.807, 2.05) is 26.8 Å². The SMILES string of the molecule is Cc1ccc(CN2CCC3(CC2)C[C@@H](CC(=O)NC(C)C)CO3)o1. The number of amides is 1. The molecule has 1 spiro atoms. The van der Waals surface area contributed by atoms with Crippen molar-refractivity contribution in [2.24, 2.45) is 5.92 Å². The maximum absolute atomic E-state index is 12.0. The van der Waals surface area contributed by atoms with E-state index in [2.05, 4.69) is 16.3 Å². The number of ether oxygens (including phenoxy) is 1. The predicted octanol–water partition coefficient (Wildman–Crippen LogP) is 2.87. The molecule has 1 aromatic rings. The van der Waals surface area contributed by atoms with Crippen molar-refractivity contribution in [3.8, 4) is 0 Å². The van der Waals surface area contributed by atoms with Gasteiger partial charge in [-0.25, -0.2) is 0 Å². The fourth-order valence-corrected chi connectivity index (χ4v) is 3.97. The molecule has 0 radical (unpaired) electrons. The largest absolute Gasteiger partial charge is 0.465 e. The van der Waals surface area contributed by atoms with Crippen molar-refractivity contribution in [3.63, 3.8) is 0 Å². The van der Waals surface area contributed by atoms with Crippen molar-refractivity contribution in [2.75, 3.05) is 19.7 Å². The summed E-state index contributed by atoms with van der Waals surface area (Å²) in [4.78, 5) is 14.4. The smallest absolute Gasteiger partial charge is 0.220 e. The van der Waals surface area contributed by atoms with Crippen LogP contribution in [0.25, 0.3) is 0 Å². The fraction of sp³-hybridized carbons (Fsp3) is 0.737. The third-order valence-electron chi connectivity index (χ3n) is 5.15. The molecular formula is C19H30N2O3. The van der Waals surface area contributed by atoms with E-state index in [9.17, 15) is 4.79 Å². The first-order valence-electron chi connectivity index (χ1n) is 9.15. The molecule has 1 N–H and O–H groups in total. The normalized spacial score (nSPS) is 23.9. The van der Waals surface area contributed by atoms with Crippen LogP contribution in [-0.4, -0.2) is 42.1 Å². The Morgan fingerprint density at radius 3 is 2.75 bits per heavy atom. The van der Waals surface area contributed by atoms with Gasteiger partial charge in [0.05, 0.1) is 18.8 Å². The zero-order valence-electron chi connectivity index (χ0n) is 15.1. The summed E-state index contributed by atoms with van der Waals surface area (Å²) in [5.74, 6) is 2.53. The van der Waals surface area contributed by atoms with Crippen LogP contribution >= 0.6 is 0 Å². The maximum Gasteiger partial charge on any atom is 0.220 e. The summed E-state index contributed by atoms with van der Waals surface area (Å²) in [7, 11) is 0. The van der Waals surface area contributed by atoms with Crippen molar-refractivity contribution in [3.05, 3.63) is 23.7 Å². The molecule has 2 aliphatic rings. The van der Waals surface area contributed by atoms with Gasteiger partial charge in [0.15, 0.2) is 0 Å². The summed E-state index contributed by atoms with van der Waals surface area (Å²) < 4.78 is 11.9. The highest BCUT2D eigenvalue weighted by atomic mass is 16.5. The minimum atomic E-state index is -0.00163. The van der Waals surface area contributed by atoms with Crippen LogP contribution in [0, 0.1) is 12.8 Å². The molecule has 3 heterocycles. The molecule has 134 valence electrons. The number of piperidine rings is 1. The van der Waals surface area contributed by atoms with Crippen molar-refractivity contribution in [1.29, 1.82) is 0 Å². The molecule has 5 heteroatoms. The average Bonchev–Trinajstić information content (AvgIpc) is 3.08. The summed E-state index contributed by atoms with van der Waals surface area (Å²) >= 11 is 0. The number of hydrogen-bond acceptors (Lipinski definition) is 4. The van der Waals surface area contributed by atoms with Crippen LogP contribution in [0.2, 0.25) is 0 Å². The quantitative estimate of drug-likeness (QED) is 0.899. The molecule has 5 nitrogen and oxygen atoms in total. The predicted molar refractivity (Wildman–Crippen MR) is 92.6 cm³/mol. The number of furan rings is 1. The summed E-state index contributed by atoms with van der Waals surface area (Å²) in [6.45, 7) is 9.65. The number of likely N-dealkylation sites (tertiary alicyclic amines) is 1. The van der Waals surface area contributed by atoms with Crippen LogP contribution in [0.5, 0.6) is 0 Å². The number of nitrogens with zero attached hydrogens (tertiary/aromatic N) is 1. The molecular weight excluding hydrogens is 304 g/mol. The highest BCUT2D eigenvalue weighted by molar-refractivity contribution is 5.76. The molecule has 3 rings (SSSR count). The van der Waals surface area contributed by atoms with Gasteiger partial charge >= 0.3 is 0 Å². The summed E-state index contributed by atoms with van der Waals surface area (Å²) in [5.41, 5.74) is -0.00163. The van der Waals surface area contributed by atoms with Gasteiger partial charge in [-0.2, -0.15) is 0 Å². The lowest BCUT2D eigenvalue weighted by Crippen LogP contribution is -2.43. The Morgan fingerprint density at radius 1 is 1.38 bits per heavy atom. The monoisotopic (exact) mass is 334 g/mol. The van der Waals surface area contributed by atoms with E-state index in [1.54, 1.807) is 0 Å². The van der Waals surface area contributed by atoms with Gasteiger partial charge in [0.1, 0.15) is 11.5 Å². The standard InChI is InChI=1S/C19H30N2O3/c1-14(2)20-18(22)10-16-11-19(23-13-16)6-8-21(9-7-19)12-17-5-4-15(3)24-17/h4-5,14,16H,6-13H2,1-3H3,(H,20,22)/t16-/m1/s1. The molecule has 0 unspecified atom stereocenters. The van der Waals surface area contributed by atoms with E-state index in [4.69, 9.17) is 9.15 Å². The minimum absolute atomic E-state index is 0.00163. The van der Waals surface area contributed by atoms with Crippen molar-refractivity contribution in [2.45, 2.75) is 64.6 Å². The first kappa shape index (κ1) is 17.5. The van der Waals surface area contributed by atoms with Gasteiger partial charge in [-0.3, -0.25) is 9.69 Å². The van der Waals surface area contributed by atoms with Gasteiger partial charge in [-0.1, -0.05) is 0 Å². The van der Waals surface area contributed by atoms with Gasteiger partial charge < -0.3 is 14.5 Å². The molecule has 1 amide bonds. The first-order valence-corrected chi connectivity index (χ1v) is 9.15. The van der Waals surface area contributed by atoms with Gasteiger partial charge in [0.25, 0.3) is 0 Å². The van der Waals surface area contributed by atoms with Crippen LogP contribution in [0.3, 0.4) is 0 Å². The van der Waals surface area contributed by atoms with Gasteiger partial charge in [-0.05, 0) is 58.1 Å². The number of aryl methyl sites for hydroxylation is 1. The zero-order chi connectivity index (χ0) is 17.2. The number of rotatable bonds is 5. The van der Waals surface area contributed by atoms with Crippen molar-refractivity contribution < 1.29 is 13.9 Å². The lowest BCUT2D eigenvalue weighted by molar-refractivity contribution is -0.122. The van der Waals surface area contributed by atoms with Gasteiger partial charge in [0.2, 0.25) is 5.91 Å². The summed E-state index contributed by atoms with van der Waals surface area (Å²) in [6, 6.07) is 4.30. The second-order valence-electron chi connectivity index (χ2n) is 7.78. The fourth-order valence-electron chi connectivity index (χ4n) is 3.97. The molecule has 0 saturated carbocycles. The molecule has 0 bridgehead atoms. The Labute approximate surface area is 144 Å². The zero-order valence-corrected chi connectivity index (χ0v) is 15.1. The van der Waals surface area contributed by atoms with E-state index < -0.39 is 0 Å². The van der Waals surface area contributed by atoms with Crippen molar-refractivity contribution >= 4 is 5.91 Å². The van der Waals surface area contributed by atoms with Crippen LogP contribution in [0.4, 0.5) is 0 Å². The third kappa shape index (κ3) is 4.39. The van der Waals surface area contributed by atoms with E-state index >= 15 is 0 Å². The Balaban J connectivity index is 1.45. The highest BCUT2D eigenvalue weighted by Gasteiger charge is 2.43. The Morgan fingerprint density at radius 2 is 2.12 bits per heavy atom. The summed E-state index contributed by atoms with van der Waals surface area (Å²) in [6.07, 6.45) is 3.71. The Kier molecular flexibility index (Phi) is 5.30. The van der Waals surface area contributed by atoms with Crippen LogP contribution in [0.1, 0.15) is 51.1 Å². The first-order chi connectivity index (χ1) is 11.4. The number of hydrogen-bond donors (Lipinski definition) is 1. The second kappa shape index (κ2) is 7.28. The number of carbonyl (C=O) groups excluding carboxylic acids is 1. The number of nitrogens with one attached hydrogen (secondary N) is 1. The van der Waals surface area contributed by atoms with Crippen LogP contribution < -0.4 is 5.32 Å². The molecule has 2 fully saturated rings.